The highest BCUT2D eigenvalue weighted by Gasteiger charge is 2.33. The number of aromatic hydroxyl groups is 1. The fourth-order valence-corrected chi connectivity index (χ4v) is 3.76. The Morgan fingerprint density at radius 2 is 1.72 bits per heavy atom. The summed E-state index contributed by atoms with van der Waals surface area (Å²) in [6.07, 6.45) is -1.80. The van der Waals surface area contributed by atoms with Crippen molar-refractivity contribution < 1.29 is 36.4 Å². The van der Waals surface area contributed by atoms with Crippen LogP contribution in [0.4, 0.5) is 22.0 Å². The van der Waals surface area contributed by atoms with Gasteiger partial charge in [0, 0.05) is 18.0 Å². The quantitative estimate of drug-likeness (QED) is 0.448. The molecule has 2 N–H and O–H groups in total. The van der Waals surface area contributed by atoms with E-state index in [-0.39, 0.29) is 29.0 Å². The third-order valence-corrected chi connectivity index (χ3v) is 5.66. The standard InChI is InChI=1S/C21H18F5N5O3.C2H6/c22-13-7-12(8-14(23)17(13)32)19(33)27-9-10-1-3-11(4-2-10)18-28-20(34-31-18)15-5-6-16(30-29-15)21(24,25)26;1-2/h5-8,10-11,32H,1-4,9H2,(H,27,33);1-2H3. The molecule has 36 heavy (non-hydrogen) atoms. The van der Waals surface area contributed by atoms with E-state index >= 15 is 0 Å². The molecule has 0 bridgehead atoms. The minimum absolute atomic E-state index is 0.0287. The number of nitrogens with zero attached hydrogens (tertiary/aromatic N) is 4. The third-order valence-electron chi connectivity index (χ3n) is 5.66. The van der Waals surface area contributed by atoms with Crippen molar-refractivity contribution in [3.05, 3.63) is 53.0 Å². The Kier molecular flexibility index (Phi) is 8.53. The Morgan fingerprint density at radius 3 is 2.28 bits per heavy atom. The lowest BCUT2D eigenvalue weighted by atomic mass is 9.81. The van der Waals surface area contributed by atoms with Crippen LogP contribution >= 0.6 is 0 Å². The zero-order valence-electron chi connectivity index (χ0n) is 19.4. The van der Waals surface area contributed by atoms with Crippen molar-refractivity contribution in [1.29, 1.82) is 0 Å². The third kappa shape index (κ3) is 6.32. The first-order valence-corrected chi connectivity index (χ1v) is 11.3. The minimum Gasteiger partial charge on any atom is -0.503 e. The molecule has 194 valence electrons. The molecule has 8 nitrogen and oxygen atoms in total. The number of benzene rings is 1. The zero-order chi connectivity index (χ0) is 26.5. The summed E-state index contributed by atoms with van der Waals surface area (Å²) in [5.74, 6) is -3.75. The molecular formula is C23H24F5N5O3. The van der Waals surface area contributed by atoms with E-state index in [2.05, 4.69) is 25.7 Å². The fraction of sp³-hybridized carbons (Fsp3) is 0.435. The first kappa shape index (κ1) is 27.0. The molecule has 0 atom stereocenters. The molecule has 2 heterocycles. The van der Waals surface area contributed by atoms with E-state index in [1.807, 2.05) is 13.8 Å². The summed E-state index contributed by atoms with van der Waals surface area (Å²) >= 11 is 0. The van der Waals surface area contributed by atoms with E-state index < -0.39 is 35.2 Å². The van der Waals surface area contributed by atoms with Crippen molar-refractivity contribution >= 4 is 5.91 Å². The SMILES string of the molecule is CC.O=C(NCC1CCC(c2noc(-c3ccc(C(F)(F)F)nn3)n2)CC1)c1cc(F)c(O)c(F)c1. The molecule has 0 radical (unpaired) electrons. The Balaban J connectivity index is 0.00000176. The molecule has 0 unspecified atom stereocenters. The van der Waals surface area contributed by atoms with Gasteiger partial charge in [-0.1, -0.05) is 19.0 Å². The van der Waals surface area contributed by atoms with Crippen molar-refractivity contribution in [2.75, 3.05) is 6.54 Å². The van der Waals surface area contributed by atoms with E-state index in [1.165, 1.54) is 0 Å². The molecule has 1 saturated carbocycles. The molecule has 13 heteroatoms. The second-order valence-corrected chi connectivity index (χ2v) is 7.98. The maximum atomic E-state index is 13.4. The molecule has 1 fully saturated rings. The maximum Gasteiger partial charge on any atom is 0.435 e. The molecule has 1 aromatic carbocycles. The lowest BCUT2D eigenvalue weighted by Gasteiger charge is -2.26. The second-order valence-electron chi connectivity index (χ2n) is 7.98. The molecule has 3 aromatic rings. The van der Waals surface area contributed by atoms with E-state index in [9.17, 15) is 26.7 Å². The summed E-state index contributed by atoms with van der Waals surface area (Å²) in [4.78, 5) is 16.4. The highest BCUT2D eigenvalue weighted by Crippen LogP contribution is 2.35. The van der Waals surface area contributed by atoms with Gasteiger partial charge in [0.15, 0.2) is 34.6 Å². The number of nitrogens with one attached hydrogen (secondary N) is 1. The van der Waals surface area contributed by atoms with Crippen LogP contribution in [0.1, 0.15) is 67.3 Å². The first-order valence-electron chi connectivity index (χ1n) is 11.3. The summed E-state index contributed by atoms with van der Waals surface area (Å²) in [5, 5.41) is 22.3. The van der Waals surface area contributed by atoms with Gasteiger partial charge in [-0.3, -0.25) is 4.79 Å². The maximum absolute atomic E-state index is 13.4. The predicted octanol–water partition coefficient (Wildman–Crippen LogP) is 5.26. The van der Waals surface area contributed by atoms with Gasteiger partial charge in [-0.25, -0.2) is 8.78 Å². The summed E-state index contributed by atoms with van der Waals surface area (Å²) in [5.41, 5.74) is -1.32. The van der Waals surface area contributed by atoms with Crippen molar-refractivity contribution in [2.45, 2.75) is 51.6 Å². The number of rotatable bonds is 5. The van der Waals surface area contributed by atoms with Crippen LogP contribution in [0.15, 0.2) is 28.8 Å². The largest absolute Gasteiger partial charge is 0.503 e. The summed E-state index contributed by atoms with van der Waals surface area (Å²) in [7, 11) is 0. The highest BCUT2D eigenvalue weighted by molar-refractivity contribution is 5.94. The Bertz CT molecular complexity index is 1150. The molecule has 1 amide bonds. The van der Waals surface area contributed by atoms with Crippen LogP contribution in [-0.2, 0) is 6.18 Å². The van der Waals surface area contributed by atoms with Crippen molar-refractivity contribution in [3.8, 4) is 17.3 Å². The minimum atomic E-state index is -4.60. The number of carbonyl (C=O) groups excluding carboxylic acids is 1. The van der Waals surface area contributed by atoms with Gasteiger partial charge in [0.25, 0.3) is 11.8 Å². The molecular weight excluding hydrogens is 489 g/mol. The van der Waals surface area contributed by atoms with Gasteiger partial charge in [-0.15, -0.1) is 10.2 Å². The van der Waals surface area contributed by atoms with Gasteiger partial charge < -0.3 is 14.9 Å². The number of amides is 1. The van der Waals surface area contributed by atoms with E-state index in [0.29, 0.717) is 38.1 Å². The van der Waals surface area contributed by atoms with E-state index in [4.69, 9.17) is 9.63 Å². The number of alkyl halides is 3. The van der Waals surface area contributed by atoms with Crippen LogP contribution in [0.25, 0.3) is 11.6 Å². The number of carbonyl (C=O) groups is 1. The van der Waals surface area contributed by atoms with Gasteiger partial charge in [-0.05, 0) is 55.9 Å². The molecule has 0 saturated heterocycles. The number of phenolic OH excluding ortho intramolecular Hbond substituents is 1. The van der Waals surface area contributed by atoms with Crippen LogP contribution < -0.4 is 5.32 Å². The number of hydrogen-bond acceptors (Lipinski definition) is 7. The predicted molar refractivity (Wildman–Crippen MR) is 117 cm³/mol. The summed E-state index contributed by atoms with van der Waals surface area (Å²) < 4.78 is 69.8. The van der Waals surface area contributed by atoms with E-state index in [0.717, 1.165) is 24.3 Å². The van der Waals surface area contributed by atoms with Crippen LogP contribution in [0.5, 0.6) is 5.75 Å². The first-order chi connectivity index (χ1) is 17.1. The number of hydrogen-bond donors (Lipinski definition) is 2. The normalized spacial score (nSPS) is 17.8. The van der Waals surface area contributed by atoms with Gasteiger partial charge >= 0.3 is 6.18 Å². The average Bonchev–Trinajstić information content (AvgIpc) is 3.37. The number of phenols is 1. The molecule has 0 aliphatic heterocycles. The zero-order valence-corrected chi connectivity index (χ0v) is 19.4. The van der Waals surface area contributed by atoms with Crippen LogP contribution in [0, 0.1) is 17.6 Å². The van der Waals surface area contributed by atoms with Gasteiger partial charge in [-0.2, -0.15) is 18.2 Å². The van der Waals surface area contributed by atoms with Gasteiger partial charge in [0.05, 0.1) is 0 Å². The lowest BCUT2D eigenvalue weighted by molar-refractivity contribution is -0.141. The van der Waals surface area contributed by atoms with Gasteiger partial charge in [0.1, 0.15) is 0 Å². The Morgan fingerprint density at radius 1 is 1.08 bits per heavy atom. The molecule has 1 aliphatic carbocycles. The number of aromatic nitrogens is 4. The highest BCUT2D eigenvalue weighted by atomic mass is 19.4. The topological polar surface area (TPSA) is 114 Å². The molecule has 1 aliphatic rings. The van der Waals surface area contributed by atoms with Crippen LogP contribution in [0.2, 0.25) is 0 Å². The molecule has 0 spiro atoms. The van der Waals surface area contributed by atoms with Crippen molar-refractivity contribution in [3.63, 3.8) is 0 Å². The lowest BCUT2D eigenvalue weighted by Crippen LogP contribution is -2.31. The Labute approximate surface area is 202 Å². The Hall–Kier alpha value is -3.64. The van der Waals surface area contributed by atoms with Crippen molar-refractivity contribution in [1.82, 2.24) is 25.7 Å². The summed E-state index contributed by atoms with van der Waals surface area (Å²) in [6.45, 7) is 4.30. The molecule has 4 rings (SSSR count). The van der Waals surface area contributed by atoms with Gasteiger partial charge in [0.2, 0.25) is 0 Å². The summed E-state index contributed by atoms with van der Waals surface area (Å²) in [6, 6.07) is 3.42. The second kappa shape index (κ2) is 11.4. The smallest absolute Gasteiger partial charge is 0.435 e. The van der Waals surface area contributed by atoms with Crippen LogP contribution in [0.3, 0.4) is 0 Å². The number of halogens is 5. The average molecular weight is 513 g/mol. The van der Waals surface area contributed by atoms with Crippen molar-refractivity contribution in [2.24, 2.45) is 5.92 Å². The molecule has 2 aromatic heterocycles. The van der Waals surface area contributed by atoms with Crippen LogP contribution in [-0.4, -0.2) is 37.9 Å². The van der Waals surface area contributed by atoms with E-state index in [1.54, 1.807) is 0 Å². The monoisotopic (exact) mass is 513 g/mol. The fourth-order valence-electron chi connectivity index (χ4n) is 3.76.